The standard InChI is InChI=1S/C20H14F2N4O/c1-11-17-18(12-7-8-15(21)16(22)9-12)14(10-23)19(24)27-20(17)26(25-11)13-5-3-2-4-6-13/h2-9,18H,24H2,1H3/t18-/m0/s1. The van der Waals surface area contributed by atoms with Crippen LogP contribution in [0.5, 0.6) is 5.88 Å². The number of aromatic nitrogens is 2. The van der Waals surface area contributed by atoms with Crippen LogP contribution in [0.25, 0.3) is 5.69 Å². The zero-order chi connectivity index (χ0) is 19.1. The number of rotatable bonds is 2. The second-order valence-electron chi connectivity index (χ2n) is 6.15. The summed E-state index contributed by atoms with van der Waals surface area (Å²) in [6.07, 6.45) is 0. The molecule has 0 saturated carbocycles. The second-order valence-corrected chi connectivity index (χ2v) is 6.15. The van der Waals surface area contributed by atoms with Gasteiger partial charge in [-0.2, -0.15) is 10.4 Å². The third-order valence-corrected chi connectivity index (χ3v) is 4.51. The molecule has 3 aromatic rings. The van der Waals surface area contributed by atoms with Crippen LogP contribution in [-0.4, -0.2) is 9.78 Å². The summed E-state index contributed by atoms with van der Waals surface area (Å²) in [4.78, 5) is 0. The minimum atomic E-state index is -0.996. The van der Waals surface area contributed by atoms with Crippen LogP contribution in [-0.2, 0) is 0 Å². The van der Waals surface area contributed by atoms with E-state index in [4.69, 9.17) is 10.5 Å². The Bertz CT molecular complexity index is 1110. The molecule has 0 amide bonds. The van der Waals surface area contributed by atoms with Gasteiger partial charge in [-0.3, -0.25) is 0 Å². The van der Waals surface area contributed by atoms with Gasteiger partial charge in [-0.25, -0.2) is 13.5 Å². The van der Waals surface area contributed by atoms with Crippen LogP contribution in [0.1, 0.15) is 22.7 Å². The number of nitriles is 1. The van der Waals surface area contributed by atoms with Crippen molar-refractivity contribution in [2.75, 3.05) is 0 Å². The van der Waals surface area contributed by atoms with Crippen molar-refractivity contribution < 1.29 is 13.5 Å². The van der Waals surface area contributed by atoms with Crippen LogP contribution in [0.4, 0.5) is 8.78 Å². The predicted molar refractivity (Wildman–Crippen MR) is 94.0 cm³/mol. The number of aryl methyl sites for hydroxylation is 1. The highest BCUT2D eigenvalue weighted by molar-refractivity contribution is 5.57. The third kappa shape index (κ3) is 2.62. The number of hydrogen-bond acceptors (Lipinski definition) is 4. The molecule has 1 atom stereocenters. The third-order valence-electron chi connectivity index (χ3n) is 4.51. The van der Waals surface area contributed by atoms with Gasteiger partial charge in [0.1, 0.15) is 11.6 Å². The summed E-state index contributed by atoms with van der Waals surface area (Å²) in [5, 5.41) is 14.1. The van der Waals surface area contributed by atoms with Crippen LogP contribution in [0.15, 0.2) is 60.0 Å². The van der Waals surface area contributed by atoms with E-state index in [1.807, 2.05) is 36.4 Å². The Morgan fingerprint density at radius 3 is 2.56 bits per heavy atom. The fourth-order valence-corrected chi connectivity index (χ4v) is 3.28. The summed E-state index contributed by atoms with van der Waals surface area (Å²) in [6, 6.07) is 14.8. The van der Waals surface area contributed by atoms with E-state index in [1.54, 1.807) is 11.6 Å². The van der Waals surface area contributed by atoms with Crippen molar-refractivity contribution in [1.82, 2.24) is 9.78 Å². The maximum Gasteiger partial charge on any atom is 0.229 e. The smallest absolute Gasteiger partial charge is 0.229 e. The molecule has 2 heterocycles. The van der Waals surface area contributed by atoms with Crippen LogP contribution >= 0.6 is 0 Å². The molecular formula is C20H14F2N4O. The van der Waals surface area contributed by atoms with Gasteiger partial charge in [0.05, 0.1) is 22.9 Å². The van der Waals surface area contributed by atoms with E-state index in [1.165, 1.54) is 6.07 Å². The van der Waals surface area contributed by atoms with Crippen molar-refractivity contribution in [3.63, 3.8) is 0 Å². The molecule has 0 aliphatic carbocycles. The minimum absolute atomic E-state index is 0.0863. The molecule has 0 bridgehead atoms. The first-order valence-corrected chi connectivity index (χ1v) is 8.18. The number of hydrogen-bond donors (Lipinski definition) is 1. The number of ether oxygens (including phenoxy) is 1. The lowest BCUT2D eigenvalue weighted by Crippen LogP contribution is -2.22. The molecule has 1 aliphatic rings. The first-order chi connectivity index (χ1) is 13.0. The van der Waals surface area contributed by atoms with Crippen molar-refractivity contribution in [3.8, 4) is 17.6 Å². The molecule has 0 spiro atoms. The molecular weight excluding hydrogens is 350 g/mol. The van der Waals surface area contributed by atoms with Crippen molar-refractivity contribution in [1.29, 1.82) is 5.26 Å². The topological polar surface area (TPSA) is 76.9 Å². The highest BCUT2D eigenvalue weighted by atomic mass is 19.2. The fraction of sp³-hybridized carbons (Fsp3) is 0.100. The normalized spacial score (nSPS) is 15.9. The maximum absolute atomic E-state index is 13.9. The molecule has 0 fully saturated rings. The first kappa shape index (κ1) is 16.8. The zero-order valence-electron chi connectivity index (χ0n) is 14.3. The largest absolute Gasteiger partial charge is 0.422 e. The van der Waals surface area contributed by atoms with E-state index in [2.05, 4.69) is 5.10 Å². The van der Waals surface area contributed by atoms with Crippen molar-refractivity contribution >= 4 is 0 Å². The van der Waals surface area contributed by atoms with Gasteiger partial charge >= 0.3 is 0 Å². The average Bonchev–Trinajstić information content (AvgIpc) is 2.99. The van der Waals surface area contributed by atoms with Crippen molar-refractivity contribution in [2.24, 2.45) is 5.73 Å². The highest BCUT2D eigenvalue weighted by Crippen LogP contribution is 2.44. The van der Waals surface area contributed by atoms with Gasteiger partial charge in [0.25, 0.3) is 0 Å². The van der Waals surface area contributed by atoms with E-state index < -0.39 is 17.6 Å². The van der Waals surface area contributed by atoms with Gasteiger partial charge in [-0.15, -0.1) is 0 Å². The Morgan fingerprint density at radius 2 is 1.89 bits per heavy atom. The number of allylic oxidation sites excluding steroid dienone is 1. The zero-order valence-corrected chi connectivity index (χ0v) is 14.3. The lowest BCUT2D eigenvalue weighted by molar-refractivity contribution is 0.367. The van der Waals surface area contributed by atoms with Crippen LogP contribution < -0.4 is 10.5 Å². The Hall–Kier alpha value is -3.66. The molecule has 4 rings (SSSR count). The molecule has 0 saturated heterocycles. The fourth-order valence-electron chi connectivity index (χ4n) is 3.28. The number of para-hydroxylation sites is 1. The summed E-state index contributed by atoms with van der Waals surface area (Å²) in [7, 11) is 0. The van der Waals surface area contributed by atoms with Gasteiger partial charge < -0.3 is 10.5 Å². The molecule has 7 heteroatoms. The molecule has 27 heavy (non-hydrogen) atoms. The monoisotopic (exact) mass is 364 g/mol. The Labute approximate surface area is 153 Å². The predicted octanol–water partition coefficient (Wildman–Crippen LogP) is 3.68. The number of benzene rings is 2. The quantitative estimate of drug-likeness (QED) is 0.753. The van der Waals surface area contributed by atoms with Gasteiger partial charge in [0.15, 0.2) is 11.6 Å². The summed E-state index contributed by atoms with van der Waals surface area (Å²) < 4.78 is 34.6. The lowest BCUT2D eigenvalue weighted by atomic mass is 9.84. The van der Waals surface area contributed by atoms with Crippen molar-refractivity contribution in [2.45, 2.75) is 12.8 Å². The van der Waals surface area contributed by atoms with Crippen LogP contribution in [0.2, 0.25) is 0 Å². The number of nitrogens with two attached hydrogens (primary N) is 1. The Balaban J connectivity index is 1.97. The molecule has 5 nitrogen and oxygen atoms in total. The SMILES string of the molecule is Cc1nn(-c2ccccc2)c2c1[C@@H](c1ccc(F)c(F)c1)C(C#N)=C(N)O2. The highest BCUT2D eigenvalue weighted by Gasteiger charge is 2.36. The van der Waals surface area contributed by atoms with Gasteiger partial charge in [-0.05, 0) is 36.8 Å². The minimum Gasteiger partial charge on any atom is -0.422 e. The van der Waals surface area contributed by atoms with E-state index >= 15 is 0 Å². The van der Waals surface area contributed by atoms with Crippen molar-refractivity contribution in [3.05, 3.63) is 88.4 Å². The van der Waals surface area contributed by atoms with Gasteiger partial charge in [-0.1, -0.05) is 24.3 Å². The van der Waals surface area contributed by atoms with E-state index in [9.17, 15) is 14.0 Å². The van der Waals surface area contributed by atoms with E-state index in [0.717, 1.165) is 17.8 Å². The van der Waals surface area contributed by atoms with Gasteiger partial charge in [0, 0.05) is 0 Å². The van der Waals surface area contributed by atoms with E-state index in [0.29, 0.717) is 22.7 Å². The first-order valence-electron chi connectivity index (χ1n) is 8.18. The summed E-state index contributed by atoms with van der Waals surface area (Å²) in [5.74, 6) is -2.39. The maximum atomic E-state index is 13.9. The average molecular weight is 364 g/mol. The number of fused-ring (bicyclic) bond motifs is 1. The number of nitrogens with zero attached hydrogens (tertiary/aromatic N) is 3. The summed E-state index contributed by atoms with van der Waals surface area (Å²) in [6.45, 7) is 1.77. The number of halogens is 2. The second kappa shape index (κ2) is 6.25. The molecule has 1 aromatic heterocycles. The molecule has 0 unspecified atom stereocenters. The van der Waals surface area contributed by atoms with Crippen LogP contribution in [0, 0.1) is 29.9 Å². The molecule has 1 aliphatic heterocycles. The Morgan fingerprint density at radius 1 is 1.15 bits per heavy atom. The molecule has 134 valence electrons. The molecule has 2 N–H and O–H groups in total. The van der Waals surface area contributed by atoms with Gasteiger partial charge in [0.2, 0.25) is 11.8 Å². The van der Waals surface area contributed by atoms with E-state index in [-0.39, 0.29) is 11.5 Å². The van der Waals surface area contributed by atoms with Crippen LogP contribution in [0.3, 0.4) is 0 Å². The molecule has 0 radical (unpaired) electrons. The summed E-state index contributed by atoms with van der Waals surface area (Å²) >= 11 is 0. The lowest BCUT2D eigenvalue weighted by Gasteiger charge is -2.25. The molecule has 2 aromatic carbocycles. The summed E-state index contributed by atoms with van der Waals surface area (Å²) in [5.41, 5.74) is 8.45. The Kier molecular flexibility index (Phi) is 3.89.